The Kier molecular flexibility index (Phi) is 4.99. The molecule has 0 atom stereocenters. The zero-order valence-electron chi connectivity index (χ0n) is 10.8. The number of rotatable bonds is 4. The Balaban J connectivity index is 2.35. The van der Waals surface area contributed by atoms with Crippen molar-refractivity contribution >= 4 is 27.7 Å². The van der Waals surface area contributed by atoms with Crippen LogP contribution in [0.15, 0.2) is 43.6 Å². The summed E-state index contributed by atoms with van der Waals surface area (Å²) in [6.45, 7) is 2.04. The molecule has 6 heteroatoms. The number of nitriles is 1. The van der Waals surface area contributed by atoms with Gasteiger partial charge in [-0.15, -0.1) is 0 Å². The molecule has 2 aromatic rings. The van der Waals surface area contributed by atoms with Crippen molar-refractivity contribution in [2.75, 3.05) is 0 Å². The molecular weight excluding hydrogens is 338 g/mol. The molecule has 0 aliphatic rings. The highest BCUT2D eigenvalue weighted by Gasteiger charge is 2.08. The van der Waals surface area contributed by atoms with Crippen molar-refractivity contribution in [3.63, 3.8) is 0 Å². The highest BCUT2D eigenvalue weighted by molar-refractivity contribution is 9.10. The standard InChI is InChI=1S/C14H12BrN3OS/c1-2-3-11-7-13(19)18-14(17-11)20-12-5-4-10(15)6-9(12)8-16/h4-7H,2-3H2,1H3,(H,17,18,19). The Labute approximate surface area is 129 Å². The van der Waals surface area contributed by atoms with Gasteiger partial charge in [-0.3, -0.25) is 4.79 Å². The third kappa shape index (κ3) is 3.71. The molecule has 102 valence electrons. The summed E-state index contributed by atoms with van der Waals surface area (Å²) in [4.78, 5) is 19.5. The van der Waals surface area contributed by atoms with E-state index in [1.807, 2.05) is 19.1 Å². The van der Waals surface area contributed by atoms with Crippen molar-refractivity contribution in [2.45, 2.75) is 29.8 Å². The van der Waals surface area contributed by atoms with Crippen LogP contribution in [0.2, 0.25) is 0 Å². The summed E-state index contributed by atoms with van der Waals surface area (Å²) in [6, 6.07) is 9.09. The number of hydrogen-bond acceptors (Lipinski definition) is 4. The lowest BCUT2D eigenvalue weighted by atomic mass is 10.2. The van der Waals surface area contributed by atoms with E-state index in [2.05, 4.69) is 32.0 Å². The minimum Gasteiger partial charge on any atom is -0.301 e. The van der Waals surface area contributed by atoms with Crippen molar-refractivity contribution in [1.29, 1.82) is 5.26 Å². The van der Waals surface area contributed by atoms with Crippen LogP contribution in [0, 0.1) is 11.3 Å². The van der Waals surface area contributed by atoms with E-state index in [4.69, 9.17) is 5.26 Å². The van der Waals surface area contributed by atoms with E-state index in [1.165, 1.54) is 17.8 Å². The van der Waals surface area contributed by atoms with Crippen LogP contribution < -0.4 is 5.56 Å². The fourth-order valence-electron chi connectivity index (χ4n) is 1.70. The van der Waals surface area contributed by atoms with Crippen molar-refractivity contribution < 1.29 is 0 Å². The molecule has 1 aromatic carbocycles. The molecule has 0 spiro atoms. The van der Waals surface area contributed by atoms with Crippen LogP contribution in [0.5, 0.6) is 0 Å². The molecule has 1 aromatic heterocycles. The van der Waals surface area contributed by atoms with Gasteiger partial charge in [0.05, 0.1) is 5.56 Å². The smallest absolute Gasteiger partial charge is 0.251 e. The van der Waals surface area contributed by atoms with Gasteiger partial charge in [0.2, 0.25) is 0 Å². The van der Waals surface area contributed by atoms with Crippen LogP contribution in [-0.2, 0) is 6.42 Å². The topological polar surface area (TPSA) is 69.5 Å². The molecule has 20 heavy (non-hydrogen) atoms. The molecule has 0 bridgehead atoms. The van der Waals surface area contributed by atoms with Crippen molar-refractivity contribution in [2.24, 2.45) is 0 Å². The van der Waals surface area contributed by atoms with E-state index < -0.39 is 0 Å². The first-order valence-electron chi connectivity index (χ1n) is 6.10. The highest BCUT2D eigenvalue weighted by Crippen LogP contribution is 2.29. The van der Waals surface area contributed by atoms with Gasteiger partial charge in [0, 0.05) is 21.1 Å². The van der Waals surface area contributed by atoms with Gasteiger partial charge in [-0.2, -0.15) is 5.26 Å². The van der Waals surface area contributed by atoms with Gasteiger partial charge in [-0.05, 0) is 24.6 Å². The number of aryl methyl sites for hydroxylation is 1. The molecule has 1 N–H and O–H groups in total. The second-order valence-corrected chi connectivity index (χ2v) is 6.09. The van der Waals surface area contributed by atoms with Crippen LogP contribution in [-0.4, -0.2) is 9.97 Å². The van der Waals surface area contributed by atoms with Crippen LogP contribution in [0.3, 0.4) is 0 Å². The molecule has 0 aliphatic carbocycles. The predicted octanol–water partition coefficient (Wildman–Crippen LogP) is 3.51. The molecule has 2 rings (SSSR count). The maximum atomic E-state index is 11.6. The van der Waals surface area contributed by atoms with Crippen LogP contribution >= 0.6 is 27.7 Å². The third-order valence-electron chi connectivity index (χ3n) is 2.55. The zero-order chi connectivity index (χ0) is 14.5. The second kappa shape index (κ2) is 6.73. The summed E-state index contributed by atoms with van der Waals surface area (Å²) in [5.74, 6) is 0. The van der Waals surface area contributed by atoms with Gasteiger partial charge >= 0.3 is 0 Å². The van der Waals surface area contributed by atoms with Gasteiger partial charge in [0.1, 0.15) is 6.07 Å². The summed E-state index contributed by atoms with van der Waals surface area (Å²) in [5, 5.41) is 9.65. The molecule has 0 unspecified atom stereocenters. The van der Waals surface area contributed by atoms with Crippen LogP contribution in [0.4, 0.5) is 0 Å². The van der Waals surface area contributed by atoms with Crippen LogP contribution in [0.1, 0.15) is 24.6 Å². The quantitative estimate of drug-likeness (QED) is 0.857. The van der Waals surface area contributed by atoms with Gasteiger partial charge in [0.15, 0.2) is 5.16 Å². The molecule has 4 nitrogen and oxygen atoms in total. The maximum Gasteiger partial charge on any atom is 0.251 e. The molecule has 0 saturated carbocycles. The Morgan fingerprint density at radius 2 is 2.25 bits per heavy atom. The van der Waals surface area contributed by atoms with Crippen LogP contribution in [0.25, 0.3) is 0 Å². The first-order chi connectivity index (χ1) is 9.62. The average molecular weight is 350 g/mol. The number of benzene rings is 1. The van der Waals surface area contributed by atoms with E-state index in [-0.39, 0.29) is 5.56 Å². The average Bonchev–Trinajstić information content (AvgIpc) is 2.40. The van der Waals surface area contributed by atoms with Gasteiger partial charge < -0.3 is 4.98 Å². The molecule has 0 amide bonds. The molecule has 0 aliphatic heterocycles. The summed E-state index contributed by atoms with van der Waals surface area (Å²) in [6.07, 6.45) is 1.70. The van der Waals surface area contributed by atoms with Crippen molar-refractivity contribution in [1.82, 2.24) is 9.97 Å². The third-order valence-corrected chi connectivity index (χ3v) is 4.00. The van der Waals surface area contributed by atoms with E-state index in [0.29, 0.717) is 10.7 Å². The lowest BCUT2D eigenvalue weighted by Crippen LogP contribution is -2.09. The fourth-order valence-corrected chi connectivity index (χ4v) is 2.93. The van der Waals surface area contributed by atoms with E-state index >= 15 is 0 Å². The van der Waals surface area contributed by atoms with E-state index in [1.54, 1.807) is 6.07 Å². The molecular formula is C14H12BrN3OS. The number of halogens is 1. The monoisotopic (exact) mass is 349 g/mol. The zero-order valence-corrected chi connectivity index (χ0v) is 13.2. The van der Waals surface area contributed by atoms with Gasteiger partial charge in [0.25, 0.3) is 5.56 Å². The number of nitrogens with zero attached hydrogens (tertiary/aromatic N) is 2. The maximum absolute atomic E-state index is 11.6. The Morgan fingerprint density at radius 1 is 1.45 bits per heavy atom. The Morgan fingerprint density at radius 3 is 2.95 bits per heavy atom. The minimum atomic E-state index is -0.165. The second-order valence-electron chi connectivity index (χ2n) is 4.15. The van der Waals surface area contributed by atoms with Gasteiger partial charge in [-0.25, -0.2) is 4.98 Å². The van der Waals surface area contributed by atoms with E-state index in [9.17, 15) is 4.79 Å². The summed E-state index contributed by atoms with van der Waals surface area (Å²) >= 11 is 4.62. The first kappa shape index (κ1) is 14.8. The van der Waals surface area contributed by atoms with Crippen molar-refractivity contribution in [3.8, 4) is 6.07 Å². The SMILES string of the molecule is CCCc1cc(=O)[nH]c(Sc2ccc(Br)cc2C#N)n1. The van der Waals surface area contributed by atoms with E-state index in [0.717, 1.165) is 27.9 Å². The van der Waals surface area contributed by atoms with Gasteiger partial charge in [-0.1, -0.05) is 41.0 Å². The first-order valence-corrected chi connectivity index (χ1v) is 7.71. The lowest BCUT2D eigenvalue weighted by molar-refractivity contribution is 0.816. The minimum absolute atomic E-state index is 0.165. The lowest BCUT2D eigenvalue weighted by Gasteiger charge is -2.05. The number of nitrogens with one attached hydrogen (secondary N) is 1. The number of hydrogen-bond donors (Lipinski definition) is 1. The number of aromatic nitrogens is 2. The molecule has 0 fully saturated rings. The number of aromatic amines is 1. The largest absolute Gasteiger partial charge is 0.301 e. The van der Waals surface area contributed by atoms with Crippen molar-refractivity contribution in [3.05, 3.63) is 50.3 Å². The normalized spacial score (nSPS) is 10.2. The summed E-state index contributed by atoms with van der Waals surface area (Å²) in [5.41, 5.74) is 1.16. The number of H-pyrrole nitrogens is 1. The fraction of sp³-hybridized carbons (Fsp3) is 0.214. The summed E-state index contributed by atoms with van der Waals surface area (Å²) in [7, 11) is 0. The summed E-state index contributed by atoms with van der Waals surface area (Å²) < 4.78 is 0.847. The Hall–Kier alpha value is -1.58. The predicted molar refractivity (Wildman–Crippen MR) is 81.8 cm³/mol. The molecule has 0 saturated heterocycles. The Bertz CT molecular complexity index is 721. The molecule has 0 radical (unpaired) electrons. The molecule has 1 heterocycles. The highest BCUT2D eigenvalue weighted by atomic mass is 79.9.